The van der Waals surface area contributed by atoms with E-state index in [2.05, 4.69) is 5.32 Å². The molecule has 0 amide bonds. The molecule has 1 heterocycles. The van der Waals surface area contributed by atoms with E-state index in [1.54, 1.807) is 0 Å². The van der Waals surface area contributed by atoms with Crippen LogP contribution in [0.25, 0.3) is 0 Å². The van der Waals surface area contributed by atoms with Crippen LogP contribution in [0.2, 0.25) is 0 Å². The SMILES string of the molecule is CC(C)NCCS(=O)(=O)N1CCS(=O)(=O)CC1. The molecule has 0 aromatic carbocycles. The van der Waals surface area contributed by atoms with Crippen molar-refractivity contribution in [3.63, 3.8) is 0 Å². The average molecular weight is 284 g/mol. The maximum Gasteiger partial charge on any atom is 0.215 e. The van der Waals surface area contributed by atoms with Crippen molar-refractivity contribution in [1.29, 1.82) is 0 Å². The van der Waals surface area contributed by atoms with Crippen molar-refractivity contribution >= 4 is 19.9 Å². The lowest BCUT2D eigenvalue weighted by molar-refractivity contribution is 0.429. The van der Waals surface area contributed by atoms with Gasteiger partial charge in [-0.1, -0.05) is 13.8 Å². The van der Waals surface area contributed by atoms with Crippen LogP contribution in [0, 0.1) is 0 Å². The van der Waals surface area contributed by atoms with E-state index < -0.39 is 19.9 Å². The molecular formula is C9H20N2O4S2. The predicted octanol–water partition coefficient (Wildman–Crippen LogP) is -0.955. The number of nitrogens with zero attached hydrogens (tertiary/aromatic N) is 1. The van der Waals surface area contributed by atoms with E-state index in [1.165, 1.54) is 4.31 Å². The largest absolute Gasteiger partial charge is 0.313 e. The molecule has 0 aromatic heterocycles. The molecule has 0 aliphatic carbocycles. The maximum absolute atomic E-state index is 11.9. The molecule has 17 heavy (non-hydrogen) atoms. The monoisotopic (exact) mass is 284 g/mol. The van der Waals surface area contributed by atoms with Gasteiger partial charge in [-0.15, -0.1) is 0 Å². The van der Waals surface area contributed by atoms with Gasteiger partial charge in [0.2, 0.25) is 10.0 Å². The van der Waals surface area contributed by atoms with Crippen LogP contribution >= 0.6 is 0 Å². The van der Waals surface area contributed by atoms with Crippen molar-refractivity contribution in [2.24, 2.45) is 0 Å². The number of hydrogen-bond acceptors (Lipinski definition) is 5. The molecule has 0 bridgehead atoms. The molecule has 1 fully saturated rings. The van der Waals surface area contributed by atoms with Crippen molar-refractivity contribution in [3.05, 3.63) is 0 Å². The Balaban J connectivity index is 2.49. The van der Waals surface area contributed by atoms with Crippen molar-refractivity contribution in [1.82, 2.24) is 9.62 Å². The first-order valence-electron chi connectivity index (χ1n) is 5.64. The first-order valence-corrected chi connectivity index (χ1v) is 9.08. The van der Waals surface area contributed by atoms with Crippen molar-refractivity contribution in [2.75, 3.05) is 36.9 Å². The summed E-state index contributed by atoms with van der Waals surface area (Å²) in [4.78, 5) is 0. The molecule has 0 spiro atoms. The highest BCUT2D eigenvalue weighted by Crippen LogP contribution is 2.09. The van der Waals surface area contributed by atoms with Gasteiger partial charge in [0.15, 0.2) is 9.84 Å². The van der Waals surface area contributed by atoms with Gasteiger partial charge in [0.05, 0.1) is 17.3 Å². The molecule has 6 nitrogen and oxygen atoms in total. The molecular weight excluding hydrogens is 264 g/mol. The summed E-state index contributed by atoms with van der Waals surface area (Å²) >= 11 is 0. The summed E-state index contributed by atoms with van der Waals surface area (Å²) in [6.45, 7) is 4.46. The van der Waals surface area contributed by atoms with E-state index in [1.807, 2.05) is 13.8 Å². The van der Waals surface area contributed by atoms with E-state index in [9.17, 15) is 16.8 Å². The highest BCUT2D eigenvalue weighted by atomic mass is 32.2. The van der Waals surface area contributed by atoms with Gasteiger partial charge in [-0.25, -0.2) is 16.8 Å². The summed E-state index contributed by atoms with van der Waals surface area (Å²) in [5.41, 5.74) is 0. The number of nitrogens with one attached hydrogen (secondary N) is 1. The normalized spacial score (nSPS) is 21.8. The Labute approximate surface area is 103 Å². The minimum atomic E-state index is -3.32. The zero-order chi connectivity index (χ0) is 13.1. The first-order chi connectivity index (χ1) is 7.73. The Morgan fingerprint density at radius 1 is 1.24 bits per heavy atom. The standard InChI is InChI=1S/C9H20N2O4S2/c1-9(2)10-3-6-17(14,15)11-4-7-16(12,13)8-5-11/h9-10H,3-8H2,1-2H3. The molecule has 0 atom stereocenters. The minimum absolute atomic E-state index is 0.0191. The van der Waals surface area contributed by atoms with E-state index >= 15 is 0 Å². The highest BCUT2D eigenvalue weighted by Gasteiger charge is 2.29. The van der Waals surface area contributed by atoms with Crippen LogP contribution in [0.3, 0.4) is 0 Å². The fourth-order valence-corrected chi connectivity index (χ4v) is 4.38. The lowest BCUT2D eigenvalue weighted by atomic mass is 10.4. The third-order valence-electron chi connectivity index (χ3n) is 2.61. The average Bonchev–Trinajstić information content (AvgIpc) is 2.15. The second-order valence-electron chi connectivity index (χ2n) is 4.48. The number of rotatable bonds is 5. The Morgan fingerprint density at radius 2 is 1.76 bits per heavy atom. The topological polar surface area (TPSA) is 83.6 Å². The second kappa shape index (κ2) is 5.64. The fraction of sp³-hybridized carbons (Fsp3) is 1.00. The van der Waals surface area contributed by atoms with E-state index in [-0.39, 0.29) is 36.4 Å². The molecule has 0 aromatic rings. The summed E-state index contributed by atoms with van der Waals surface area (Å²) in [5, 5.41) is 3.03. The molecule has 0 radical (unpaired) electrons. The van der Waals surface area contributed by atoms with E-state index in [0.717, 1.165) is 0 Å². The Morgan fingerprint density at radius 3 is 2.24 bits per heavy atom. The van der Waals surface area contributed by atoms with Gasteiger partial charge in [0.1, 0.15) is 0 Å². The van der Waals surface area contributed by atoms with Crippen LogP contribution in [0.5, 0.6) is 0 Å². The van der Waals surface area contributed by atoms with Crippen LogP contribution < -0.4 is 5.32 Å². The molecule has 1 aliphatic heterocycles. The zero-order valence-electron chi connectivity index (χ0n) is 10.2. The van der Waals surface area contributed by atoms with Gasteiger partial charge >= 0.3 is 0 Å². The van der Waals surface area contributed by atoms with Crippen LogP contribution in [-0.2, 0) is 19.9 Å². The van der Waals surface area contributed by atoms with Crippen LogP contribution in [0.15, 0.2) is 0 Å². The zero-order valence-corrected chi connectivity index (χ0v) is 11.8. The first kappa shape index (κ1) is 14.9. The molecule has 1 rings (SSSR count). The Bertz CT molecular complexity index is 428. The maximum atomic E-state index is 11.9. The van der Waals surface area contributed by atoms with Crippen molar-refractivity contribution in [2.45, 2.75) is 19.9 Å². The summed E-state index contributed by atoms with van der Waals surface area (Å²) in [6.07, 6.45) is 0. The van der Waals surface area contributed by atoms with Gasteiger partial charge in [-0.2, -0.15) is 4.31 Å². The third-order valence-corrected chi connectivity index (χ3v) is 6.09. The molecule has 0 unspecified atom stereocenters. The minimum Gasteiger partial charge on any atom is -0.313 e. The summed E-state index contributed by atoms with van der Waals surface area (Å²) < 4.78 is 47.4. The Kier molecular flexibility index (Phi) is 4.94. The molecule has 102 valence electrons. The predicted molar refractivity (Wildman–Crippen MR) is 67.2 cm³/mol. The van der Waals surface area contributed by atoms with Gasteiger partial charge in [-0.3, -0.25) is 0 Å². The van der Waals surface area contributed by atoms with Gasteiger partial charge in [0.25, 0.3) is 0 Å². The van der Waals surface area contributed by atoms with Gasteiger partial charge < -0.3 is 5.32 Å². The van der Waals surface area contributed by atoms with Crippen LogP contribution in [-0.4, -0.2) is 64.1 Å². The van der Waals surface area contributed by atoms with Gasteiger partial charge in [-0.05, 0) is 0 Å². The van der Waals surface area contributed by atoms with Crippen molar-refractivity contribution < 1.29 is 16.8 Å². The van der Waals surface area contributed by atoms with E-state index in [4.69, 9.17) is 0 Å². The number of hydrogen-bond donors (Lipinski definition) is 1. The molecule has 1 aliphatic rings. The quantitative estimate of drug-likeness (QED) is 0.703. The molecule has 0 saturated carbocycles. The third kappa shape index (κ3) is 4.90. The van der Waals surface area contributed by atoms with Crippen LogP contribution in [0.4, 0.5) is 0 Å². The summed E-state index contributed by atoms with van der Waals surface area (Å²) in [7, 11) is -6.35. The lowest BCUT2D eigenvalue weighted by Crippen LogP contribution is -2.46. The Hall–Kier alpha value is -0.180. The lowest BCUT2D eigenvalue weighted by Gasteiger charge is -2.26. The molecule has 8 heteroatoms. The molecule has 1 saturated heterocycles. The fourth-order valence-electron chi connectivity index (χ4n) is 1.58. The smallest absolute Gasteiger partial charge is 0.215 e. The number of sulfone groups is 1. The summed E-state index contributed by atoms with van der Waals surface area (Å²) in [5.74, 6) is -0.112. The second-order valence-corrected chi connectivity index (χ2v) is 8.87. The number of sulfonamides is 1. The highest BCUT2D eigenvalue weighted by molar-refractivity contribution is 7.92. The van der Waals surface area contributed by atoms with Crippen LogP contribution in [0.1, 0.15) is 13.8 Å². The van der Waals surface area contributed by atoms with Gasteiger partial charge in [0, 0.05) is 25.7 Å². The van der Waals surface area contributed by atoms with Crippen molar-refractivity contribution in [3.8, 4) is 0 Å². The molecule has 1 N–H and O–H groups in total. The summed E-state index contributed by atoms with van der Waals surface area (Å²) in [6, 6.07) is 0.243. The van der Waals surface area contributed by atoms with E-state index in [0.29, 0.717) is 6.54 Å².